The van der Waals surface area contributed by atoms with Crippen LogP contribution in [0.25, 0.3) is 0 Å². The number of hydrogen-bond acceptors (Lipinski definition) is 5. The van der Waals surface area contributed by atoms with Crippen LogP contribution in [-0.2, 0) is 18.6 Å². The first-order chi connectivity index (χ1) is 16.5. The standard InChI is InChI=1S/C29H44N2O3/c1-5-30(6-2)17-9-15-29(33,16-10-18-31(7-3)8-4)26-12-14-28-25(21-26)20-24-19-23(22-32)11-13-27(24)34-28/h11-14,19,21,32-33H,5-10,15-18,20,22H2,1-4H3. The average Bonchev–Trinajstić information content (AvgIpc) is 2.87. The van der Waals surface area contributed by atoms with E-state index in [1.165, 1.54) is 0 Å². The Morgan fingerprint density at radius 1 is 0.794 bits per heavy atom. The molecule has 1 aliphatic heterocycles. The number of aliphatic hydroxyl groups is 2. The lowest BCUT2D eigenvalue weighted by molar-refractivity contribution is 0.00990. The average molecular weight is 469 g/mol. The summed E-state index contributed by atoms with van der Waals surface area (Å²) in [6.07, 6.45) is 4.21. The Bertz CT molecular complexity index is 888. The van der Waals surface area contributed by atoms with Gasteiger partial charge < -0.3 is 24.7 Å². The van der Waals surface area contributed by atoms with Gasteiger partial charge in [-0.25, -0.2) is 0 Å². The molecule has 2 aromatic carbocycles. The van der Waals surface area contributed by atoms with Crippen molar-refractivity contribution in [3.8, 4) is 11.5 Å². The zero-order valence-corrected chi connectivity index (χ0v) is 21.6. The molecule has 0 saturated heterocycles. The second-order valence-corrected chi connectivity index (χ2v) is 9.49. The number of rotatable bonds is 14. The zero-order chi connectivity index (χ0) is 24.6. The molecule has 0 aromatic heterocycles. The van der Waals surface area contributed by atoms with Gasteiger partial charge in [0.05, 0.1) is 12.2 Å². The number of benzene rings is 2. The van der Waals surface area contributed by atoms with Crippen LogP contribution in [0.1, 0.15) is 75.6 Å². The highest BCUT2D eigenvalue weighted by Gasteiger charge is 2.30. The van der Waals surface area contributed by atoms with Crippen molar-refractivity contribution in [1.29, 1.82) is 0 Å². The van der Waals surface area contributed by atoms with E-state index in [1.807, 2.05) is 24.3 Å². The van der Waals surface area contributed by atoms with Crippen LogP contribution in [0.15, 0.2) is 36.4 Å². The molecule has 3 rings (SSSR count). The Labute approximate surface area is 206 Å². The minimum Gasteiger partial charge on any atom is -0.457 e. The van der Waals surface area contributed by atoms with Crippen molar-refractivity contribution in [2.75, 3.05) is 39.3 Å². The Hall–Kier alpha value is -1.92. The Balaban J connectivity index is 1.80. The van der Waals surface area contributed by atoms with Crippen LogP contribution in [-0.4, -0.2) is 59.3 Å². The van der Waals surface area contributed by atoms with E-state index in [4.69, 9.17) is 4.74 Å². The third kappa shape index (κ3) is 6.60. The van der Waals surface area contributed by atoms with Gasteiger partial charge in [-0.15, -0.1) is 0 Å². The minimum atomic E-state index is -0.845. The normalized spacial score (nSPS) is 13.2. The predicted molar refractivity (Wildman–Crippen MR) is 140 cm³/mol. The molecule has 0 radical (unpaired) electrons. The van der Waals surface area contributed by atoms with Crippen molar-refractivity contribution in [3.05, 3.63) is 58.7 Å². The second-order valence-electron chi connectivity index (χ2n) is 9.49. The van der Waals surface area contributed by atoms with Crippen molar-refractivity contribution in [3.63, 3.8) is 0 Å². The van der Waals surface area contributed by atoms with Crippen molar-refractivity contribution in [1.82, 2.24) is 9.80 Å². The monoisotopic (exact) mass is 468 g/mol. The van der Waals surface area contributed by atoms with Gasteiger partial charge in [-0.2, -0.15) is 0 Å². The first-order valence-corrected chi connectivity index (χ1v) is 13.2. The van der Waals surface area contributed by atoms with E-state index in [0.29, 0.717) is 0 Å². The van der Waals surface area contributed by atoms with Crippen molar-refractivity contribution in [2.45, 2.75) is 72.0 Å². The fourth-order valence-electron chi connectivity index (χ4n) is 5.08. The van der Waals surface area contributed by atoms with Gasteiger partial charge in [0.25, 0.3) is 0 Å². The summed E-state index contributed by atoms with van der Waals surface area (Å²) in [6, 6.07) is 12.1. The molecule has 188 valence electrons. The van der Waals surface area contributed by atoms with Gasteiger partial charge in [0.2, 0.25) is 0 Å². The molecule has 0 fully saturated rings. The largest absolute Gasteiger partial charge is 0.457 e. The molecule has 2 aromatic rings. The summed E-state index contributed by atoms with van der Waals surface area (Å²) in [5.41, 5.74) is 3.23. The molecule has 34 heavy (non-hydrogen) atoms. The fourth-order valence-corrected chi connectivity index (χ4v) is 5.08. The number of ether oxygens (including phenoxy) is 1. The topological polar surface area (TPSA) is 56.2 Å². The SMILES string of the molecule is CCN(CC)CCCC(O)(CCCN(CC)CC)c1ccc2c(c1)Cc1cc(CO)ccc1O2. The molecule has 5 nitrogen and oxygen atoms in total. The van der Waals surface area contributed by atoms with E-state index < -0.39 is 5.60 Å². The van der Waals surface area contributed by atoms with E-state index in [2.05, 4.69) is 49.6 Å². The van der Waals surface area contributed by atoms with Crippen LogP contribution in [0.5, 0.6) is 11.5 Å². The molecule has 0 atom stereocenters. The summed E-state index contributed by atoms with van der Waals surface area (Å²) in [7, 11) is 0. The lowest BCUT2D eigenvalue weighted by atomic mass is 9.83. The number of nitrogens with zero attached hydrogens (tertiary/aromatic N) is 2. The second kappa shape index (κ2) is 12.7. The minimum absolute atomic E-state index is 0.0268. The molecule has 0 saturated carbocycles. The molecule has 0 amide bonds. The van der Waals surface area contributed by atoms with E-state index in [0.717, 1.165) is 105 Å². The van der Waals surface area contributed by atoms with Gasteiger partial charge >= 0.3 is 0 Å². The third-order valence-corrected chi connectivity index (χ3v) is 7.42. The number of fused-ring (bicyclic) bond motifs is 2. The molecule has 0 bridgehead atoms. The Morgan fingerprint density at radius 3 is 1.85 bits per heavy atom. The maximum Gasteiger partial charge on any atom is 0.130 e. The van der Waals surface area contributed by atoms with Crippen LogP contribution in [0.2, 0.25) is 0 Å². The summed E-state index contributed by atoms with van der Waals surface area (Å²) in [6.45, 7) is 15.0. The fraction of sp³-hybridized carbons (Fsp3) is 0.586. The van der Waals surface area contributed by atoms with Gasteiger partial charge in [0, 0.05) is 6.42 Å². The van der Waals surface area contributed by atoms with Crippen LogP contribution in [0.4, 0.5) is 0 Å². The summed E-state index contributed by atoms with van der Waals surface area (Å²) in [5, 5.41) is 21.5. The predicted octanol–water partition coefficient (Wildman–Crippen LogP) is 5.31. The molecule has 2 N–H and O–H groups in total. The van der Waals surface area contributed by atoms with Gasteiger partial charge in [0.15, 0.2) is 0 Å². The van der Waals surface area contributed by atoms with Crippen molar-refractivity contribution >= 4 is 0 Å². The number of hydrogen-bond donors (Lipinski definition) is 2. The molecule has 0 unspecified atom stereocenters. The summed E-state index contributed by atoms with van der Waals surface area (Å²) < 4.78 is 6.15. The quantitative estimate of drug-likeness (QED) is 0.336. The summed E-state index contributed by atoms with van der Waals surface area (Å²) >= 11 is 0. The first kappa shape index (κ1) is 26.7. The molecule has 0 spiro atoms. The van der Waals surface area contributed by atoms with E-state index in [9.17, 15) is 10.2 Å². The lowest BCUT2D eigenvalue weighted by Crippen LogP contribution is -2.31. The summed E-state index contributed by atoms with van der Waals surface area (Å²) in [4.78, 5) is 4.85. The molecule has 5 heteroatoms. The molecular formula is C29H44N2O3. The molecule has 0 aliphatic carbocycles. The highest BCUT2D eigenvalue weighted by Crippen LogP contribution is 2.40. The lowest BCUT2D eigenvalue weighted by Gasteiger charge is -2.32. The van der Waals surface area contributed by atoms with E-state index >= 15 is 0 Å². The maximum atomic E-state index is 12.0. The van der Waals surface area contributed by atoms with Crippen LogP contribution in [0, 0.1) is 0 Å². The van der Waals surface area contributed by atoms with E-state index in [1.54, 1.807) is 0 Å². The van der Waals surface area contributed by atoms with Crippen LogP contribution < -0.4 is 4.74 Å². The van der Waals surface area contributed by atoms with Gasteiger partial charge in [-0.05, 0) is 111 Å². The van der Waals surface area contributed by atoms with Gasteiger partial charge in [0.1, 0.15) is 11.5 Å². The zero-order valence-electron chi connectivity index (χ0n) is 21.6. The first-order valence-electron chi connectivity index (χ1n) is 13.2. The summed E-state index contributed by atoms with van der Waals surface area (Å²) in [5.74, 6) is 1.72. The Kier molecular flexibility index (Phi) is 9.96. The van der Waals surface area contributed by atoms with E-state index in [-0.39, 0.29) is 6.61 Å². The highest BCUT2D eigenvalue weighted by atomic mass is 16.5. The van der Waals surface area contributed by atoms with Crippen LogP contribution >= 0.6 is 0 Å². The highest BCUT2D eigenvalue weighted by molar-refractivity contribution is 5.52. The van der Waals surface area contributed by atoms with Gasteiger partial charge in [-0.3, -0.25) is 0 Å². The van der Waals surface area contributed by atoms with Crippen molar-refractivity contribution < 1.29 is 14.9 Å². The smallest absolute Gasteiger partial charge is 0.130 e. The molecule has 1 heterocycles. The Morgan fingerprint density at radius 2 is 1.32 bits per heavy atom. The van der Waals surface area contributed by atoms with Gasteiger partial charge in [-0.1, -0.05) is 39.8 Å². The molecular weight excluding hydrogens is 424 g/mol. The van der Waals surface area contributed by atoms with Crippen molar-refractivity contribution in [2.24, 2.45) is 0 Å². The number of aliphatic hydroxyl groups excluding tert-OH is 1. The van der Waals surface area contributed by atoms with Crippen LogP contribution in [0.3, 0.4) is 0 Å². The maximum absolute atomic E-state index is 12.0. The molecule has 1 aliphatic rings. The third-order valence-electron chi connectivity index (χ3n) is 7.42.